The highest BCUT2D eigenvalue weighted by atomic mass is 32.2. The number of nitrogen functional groups attached to an aromatic ring is 1. The minimum atomic E-state index is -3.37. The van der Waals surface area contributed by atoms with Gasteiger partial charge in [0, 0.05) is 13.2 Å². The summed E-state index contributed by atoms with van der Waals surface area (Å²) < 4.78 is 33.1. The fourth-order valence-corrected chi connectivity index (χ4v) is 4.29. The van der Waals surface area contributed by atoms with Gasteiger partial charge in [-0.15, -0.1) is 0 Å². The van der Waals surface area contributed by atoms with Crippen LogP contribution in [-0.2, 0) is 14.6 Å². The van der Waals surface area contributed by atoms with E-state index >= 15 is 0 Å². The van der Waals surface area contributed by atoms with E-state index in [4.69, 9.17) is 10.5 Å². The molecule has 18 heavy (non-hydrogen) atoms. The van der Waals surface area contributed by atoms with E-state index in [2.05, 4.69) is 9.69 Å². The van der Waals surface area contributed by atoms with Crippen LogP contribution in [0.3, 0.4) is 0 Å². The number of ether oxygens (including phenoxy) is 1. The van der Waals surface area contributed by atoms with Crippen LogP contribution in [0.4, 0.5) is 10.8 Å². The van der Waals surface area contributed by atoms with Crippen molar-refractivity contribution in [2.24, 2.45) is 0 Å². The SMILES string of the molecule is CCCS(=O)(=O)c1c(N)nsc1NC(C)COC. The first-order valence-electron chi connectivity index (χ1n) is 5.65. The molecule has 0 saturated heterocycles. The number of methoxy groups -OCH3 is 1. The Labute approximate surface area is 112 Å². The third-order valence-corrected chi connectivity index (χ3v) is 5.15. The van der Waals surface area contributed by atoms with Crippen LogP contribution in [0.1, 0.15) is 20.3 Å². The van der Waals surface area contributed by atoms with E-state index in [1.807, 2.05) is 13.8 Å². The van der Waals surface area contributed by atoms with E-state index in [0.29, 0.717) is 18.0 Å². The molecule has 0 aromatic carbocycles. The van der Waals surface area contributed by atoms with Gasteiger partial charge >= 0.3 is 0 Å². The lowest BCUT2D eigenvalue weighted by Gasteiger charge is -2.13. The van der Waals surface area contributed by atoms with Gasteiger partial charge in [0.25, 0.3) is 0 Å². The molecule has 0 amide bonds. The summed E-state index contributed by atoms with van der Waals surface area (Å²) >= 11 is 1.06. The number of anilines is 2. The molecule has 3 N–H and O–H groups in total. The highest BCUT2D eigenvalue weighted by Gasteiger charge is 2.25. The highest BCUT2D eigenvalue weighted by molar-refractivity contribution is 7.91. The van der Waals surface area contributed by atoms with E-state index in [-0.39, 0.29) is 22.5 Å². The Morgan fingerprint density at radius 3 is 2.78 bits per heavy atom. The van der Waals surface area contributed by atoms with Crippen molar-refractivity contribution in [2.75, 3.05) is 30.5 Å². The van der Waals surface area contributed by atoms with Gasteiger partial charge in [0.1, 0.15) is 9.90 Å². The van der Waals surface area contributed by atoms with Gasteiger partial charge in [0.15, 0.2) is 15.7 Å². The van der Waals surface area contributed by atoms with E-state index < -0.39 is 9.84 Å². The molecule has 0 spiro atoms. The number of nitrogens with zero attached hydrogens (tertiary/aromatic N) is 1. The summed E-state index contributed by atoms with van der Waals surface area (Å²) in [6, 6.07) is -0.00886. The van der Waals surface area contributed by atoms with Crippen molar-refractivity contribution in [2.45, 2.75) is 31.2 Å². The number of sulfone groups is 1. The number of nitrogens with one attached hydrogen (secondary N) is 1. The van der Waals surface area contributed by atoms with Crippen molar-refractivity contribution in [3.63, 3.8) is 0 Å². The minimum Gasteiger partial charge on any atom is -0.383 e. The maximum Gasteiger partial charge on any atom is 0.185 e. The lowest BCUT2D eigenvalue weighted by atomic mass is 10.4. The number of hydrogen-bond acceptors (Lipinski definition) is 7. The number of aromatic nitrogens is 1. The summed E-state index contributed by atoms with van der Waals surface area (Å²) in [6.45, 7) is 4.19. The van der Waals surface area contributed by atoms with Gasteiger partial charge in [-0.2, -0.15) is 4.37 Å². The fraction of sp³-hybridized carbons (Fsp3) is 0.700. The Bertz CT molecular complexity index is 485. The molecule has 0 bridgehead atoms. The second kappa shape index (κ2) is 6.35. The van der Waals surface area contributed by atoms with Crippen molar-refractivity contribution in [1.82, 2.24) is 4.37 Å². The predicted molar refractivity (Wildman–Crippen MR) is 73.8 cm³/mol. The molecule has 0 aliphatic heterocycles. The van der Waals surface area contributed by atoms with Crippen molar-refractivity contribution in [3.05, 3.63) is 0 Å². The predicted octanol–water partition coefficient (Wildman–Crippen LogP) is 1.36. The lowest BCUT2D eigenvalue weighted by Crippen LogP contribution is -2.21. The Hall–Kier alpha value is -0.860. The molecule has 0 aliphatic rings. The molecule has 8 heteroatoms. The minimum absolute atomic E-state index is 0.00886. The maximum atomic E-state index is 12.1. The summed E-state index contributed by atoms with van der Waals surface area (Å²) in [4.78, 5) is 0.123. The Balaban J connectivity index is 3.02. The van der Waals surface area contributed by atoms with Crippen molar-refractivity contribution < 1.29 is 13.2 Å². The second-order valence-corrected chi connectivity index (χ2v) is 6.87. The van der Waals surface area contributed by atoms with E-state index in [1.54, 1.807) is 7.11 Å². The molecular weight excluding hydrogens is 274 g/mol. The van der Waals surface area contributed by atoms with Crippen LogP contribution < -0.4 is 11.1 Å². The average molecular weight is 293 g/mol. The van der Waals surface area contributed by atoms with E-state index in [9.17, 15) is 8.42 Å². The molecule has 1 unspecified atom stereocenters. The monoisotopic (exact) mass is 293 g/mol. The molecule has 0 radical (unpaired) electrons. The molecule has 0 saturated carbocycles. The largest absolute Gasteiger partial charge is 0.383 e. The van der Waals surface area contributed by atoms with Crippen LogP contribution in [0.15, 0.2) is 4.90 Å². The smallest absolute Gasteiger partial charge is 0.185 e. The van der Waals surface area contributed by atoms with Crippen LogP contribution in [0.25, 0.3) is 0 Å². The first kappa shape index (κ1) is 15.2. The van der Waals surface area contributed by atoms with Gasteiger partial charge in [0.05, 0.1) is 12.4 Å². The van der Waals surface area contributed by atoms with Crippen molar-refractivity contribution in [1.29, 1.82) is 0 Å². The maximum absolute atomic E-state index is 12.1. The summed E-state index contributed by atoms with van der Waals surface area (Å²) in [7, 11) is -1.78. The molecule has 1 rings (SSSR count). The summed E-state index contributed by atoms with van der Waals surface area (Å²) in [5.41, 5.74) is 5.66. The average Bonchev–Trinajstić information content (AvgIpc) is 2.60. The normalized spacial score (nSPS) is 13.5. The molecule has 1 aromatic rings. The molecule has 0 aliphatic carbocycles. The van der Waals surface area contributed by atoms with Crippen LogP contribution >= 0.6 is 11.5 Å². The van der Waals surface area contributed by atoms with Crippen LogP contribution in [0, 0.1) is 0 Å². The van der Waals surface area contributed by atoms with Crippen LogP contribution in [0.2, 0.25) is 0 Å². The number of nitrogens with two attached hydrogens (primary N) is 1. The van der Waals surface area contributed by atoms with Crippen molar-refractivity contribution in [3.8, 4) is 0 Å². The number of hydrogen-bond donors (Lipinski definition) is 2. The first-order valence-corrected chi connectivity index (χ1v) is 8.08. The van der Waals surface area contributed by atoms with E-state index in [0.717, 1.165) is 11.5 Å². The third-order valence-electron chi connectivity index (χ3n) is 2.25. The van der Waals surface area contributed by atoms with Gasteiger partial charge in [-0.1, -0.05) is 6.92 Å². The second-order valence-electron chi connectivity index (χ2n) is 4.05. The topological polar surface area (TPSA) is 94.3 Å². The third kappa shape index (κ3) is 3.56. The van der Waals surface area contributed by atoms with E-state index in [1.165, 1.54) is 0 Å². The Kier molecular flexibility index (Phi) is 5.36. The zero-order chi connectivity index (χ0) is 13.8. The first-order chi connectivity index (χ1) is 8.42. The van der Waals surface area contributed by atoms with Gasteiger partial charge in [-0.3, -0.25) is 0 Å². The number of rotatable bonds is 7. The summed E-state index contributed by atoms with van der Waals surface area (Å²) in [5.74, 6) is 0.142. The standard InChI is InChI=1S/C10H19N3O3S2/c1-4-5-18(14,15)8-9(11)13-17-10(8)12-7(2)6-16-3/h7,12H,4-6H2,1-3H3,(H2,11,13). The lowest BCUT2D eigenvalue weighted by molar-refractivity contribution is 0.190. The molecule has 1 aromatic heterocycles. The molecule has 104 valence electrons. The highest BCUT2D eigenvalue weighted by Crippen LogP contribution is 2.32. The fourth-order valence-electron chi connectivity index (χ4n) is 1.57. The molecule has 6 nitrogen and oxygen atoms in total. The summed E-state index contributed by atoms with van der Waals surface area (Å²) in [6.07, 6.45) is 0.546. The van der Waals surface area contributed by atoms with Crippen LogP contribution in [0.5, 0.6) is 0 Å². The molecule has 1 atom stereocenters. The molecular formula is C10H19N3O3S2. The molecule has 0 fully saturated rings. The van der Waals surface area contributed by atoms with Gasteiger partial charge in [-0.25, -0.2) is 8.42 Å². The van der Waals surface area contributed by atoms with Gasteiger partial charge < -0.3 is 15.8 Å². The van der Waals surface area contributed by atoms with Gasteiger partial charge in [-0.05, 0) is 24.9 Å². The Morgan fingerprint density at radius 1 is 1.56 bits per heavy atom. The van der Waals surface area contributed by atoms with Crippen LogP contribution in [-0.4, -0.2) is 38.3 Å². The van der Waals surface area contributed by atoms with Gasteiger partial charge in [0.2, 0.25) is 0 Å². The zero-order valence-corrected chi connectivity index (χ0v) is 12.4. The quantitative estimate of drug-likeness (QED) is 0.788. The van der Waals surface area contributed by atoms with Crippen molar-refractivity contribution >= 4 is 32.2 Å². The summed E-state index contributed by atoms with van der Waals surface area (Å²) in [5, 5.41) is 3.56. The Morgan fingerprint density at radius 2 is 2.22 bits per heavy atom. The molecule has 1 heterocycles. The zero-order valence-electron chi connectivity index (χ0n) is 10.8.